The van der Waals surface area contributed by atoms with Gasteiger partial charge in [0.2, 0.25) is 0 Å². The highest BCUT2D eigenvalue weighted by atomic mass is 15.0. The Hall–Kier alpha value is -2.08. The third-order valence-electron chi connectivity index (χ3n) is 3.24. The summed E-state index contributed by atoms with van der Waals surface area (Å²) in [6.45, 7) is 6.38. The number of para-hydroxylation sites is 1. The third kappa shape index (κ3) is 2.28. The van der Waals surface area contributed by atoms with Crippen molar-refractivity contribution >= 4 is 16.6 Å². The fourth-order valence-corrected chi connectivity index (χ4v) is 1.79. The fraction of sp³-hybridized carbons (Fsp3) is 0.333. The van der Waals surface area contributed by atoms with E-state index in [-0.39, 0.29) is 5.54 Å². The van der Waals surface area contributed by atoms with Gasteiger partial charge in [-0.05, 0) is 26.3 Å². The molecule has 18 heavy (non-hydrogen) atoms. The maximum absolute atomic E-state index is 9.22. The van der Waals surface area contributed by atoms with Gasteiger partial charge in [-0.25, -0.2) is 0 Å². The minimum absolute atomic E-state index is 0.0459. The molecular weight excluding hydrogens is 222 g/mol. The lowest BCUT2D eigenvalue weighted by Crippen LogP contribution is -2.30. The van der Waals surface area contributed by atoms with Gasteiger partial charge in [0.25, 0.3) is 0 Å². The van der Waals surface area contributed by atoms with Crippen molar-refractivity contribution in [2.24, 2.45) is 0 Å². The van der Waals surface area contributed by atoms with Crippen molar-refractivity contribution in [3.8, 4) is 6.07 Å². The lowest BCUT2D eigenvalue weighted by Gasteiger charge is -2.27. The Morgan fingerprint density at radius 1 is 1.33 bits per heavy atom. The number of hydrogen-bond donors (Lipinski definition) is 1. The van der Waals surface area contributed by atoms with Crippen LogP contribution in [-0.2, 0) is 0 Å². The quantitative estimate of drug-likeness (QED) is 0.888. The Kier molecular flexibility index (Phi) is 3.20. The molecule has 0 aliphatic rings. The van der Waals surface area contributed by atoms with E-state index in [9.17, 15) is 5.26 Å². The van der Waals surface area contributed by atoms with Crippen LogP contribution in [0.25, 0.3) is 10.9 Å². The largest absolute Gasteiger partial charge is 0.379 e. The Labute approximate surface area is 107 Å². The summed E-state index contributed by atoms with van der Waals surface area (Å²) in [5.41, 5.74) is 2.34. The first-order valence-electron chi connectivity index (χ1n) is 6.13. The molecule has 1 aromatic carbocycles. The van der Waals surface area contributed by atoms with Crippen molar-refractivity contribution in [2.45, 2.75) is 32.7 Å². The van der Waals surface area contributed by atoms with E-state index in [0.717, 1.165) is 23.0 Å². The number of pyridine rings is 1. The first-order chi connectivity index (χ1) is 8.57. The summed E-state index contributed by atoms with van der Waals surface area (Å²) in [6.07, 6.45) is 2.62. The van der Waals surface area contributed by atoms with Crippen LogP contribution in [0.1, 0.15) is 32.8 Å². The maximum atomic E-state index is 9.22. The third-order valence-corrected chi connectivity index (χ3v) is 3.24. The number of nitrogens with one attached hydrogen (secondary N) is 1. The van der Waals surface area contributed by atoms with E-state index in [2.05, 4.69) is 37.1 Å². The molecule has 2 rings (SSSR count). The van der Waals surface area contributed by atoms with Crippen molar-refractivity contribution in [3.05, 3.63) is 36.0 Å². The summed E-state index contributed by atoms with van der Waals surface area (Å²) in [7, 11) is 0. The second-order valence-corrected chi connectivity index (χ2v) is 5.04. The summed E-state index contributed by atoms with van der Waals surface area (Å²) in [5.74, 6) is 0. The number of nitriles is 1. The molecule has 2 aromatic rings. The second-order valence-electron chi connectivity index (χ2n) is 5.04. The van der Waals surface area contributed by atoms with E-state index in [1.54, 1.807) is 6.20 Å². The number of nitrogens with zero attached hydrogens (tertiary/aromatic N) is 2. The Bertz CT molecular complexity index is 609. The van der Waals surface area contributed by atoms with Gasteiger partial charge >= 0.3 is 0 Å². The van der Waals surface area contributed by atoms with E-state index in [0.29, 0.717) is 5.56 Å². The lowest BCUT2D eigenvalue weighted by molar-refractivity contribution is 0.548. The smallest absolute Gasteiger partial charge is 0.103 e. The summed E-state index contributed by atoms with van der Waals surface area (Å²) in [5, 5.41) is 13.7. The van der Waals surface area contributed by atoms with Gasteiger partial charge in [0.15, 0.2) is 0 Å². The van der Waals surface area contributed by atoms with Gasteiger partial charge in [0.05, 0.1) is 16.8 Å². The molecule has 0 spiro atoms. The normalized spacial score (nSPS) is 11.2. The Morgan fingerprint density at radius 2 is 2.06 bits per heavy atom. The van der Waals surface area contributed by atoms with E-state index in [1.807, 2.05) is 24.3 Å². The number of anilines is 1. The lowest BCUT2D eigenvalue weighted by atomic mass is 9.99. The van der Waals surface area contributed by atoms with E-state index >= 15 is 0 Å². The number of aromatic nitrogens is 1. The molecule has 1 heterocycles. The van der Waals surface area contributed by atoms with Crippen LogP contribution >= 0.6 is 0 Å². The summed E-state index contributed by atoms with van der Waals surface area (Å²) in [6, 6.07) is 10.1. The van der Waals surface area contributed by atoms with Gasteiger partial charge in [0, 0.05) is 17.1 Å². The molecule has 92 valence electrons. The zero-order chi connectivity index (χ0) is 13.2. The topological polar surface area (TPSA) is 48.7 Å². The Balaban J connectivity index is 2.63. The molecule has 0 fully saturated rings. The first kappa shape index (κ1) is 12.4. The highest BCUT2D eigenvalue weighted by Gasteiger charge is 2.18. The van der Waals surface area contributed by atoms with Crippen LogP contribution in [0, 0.1) is 11.3 Å². The summed E-state index contributed by atoms with van der Waals surface area (Å²) < 4.78 is 0. The minimum Gasteiger partial charge on any atom is -0.379 e. The number of hydrogen-bond acceptors (Lipinski definition) is 3. The average molecular weight is 239 g/mol. The number of rotatable bonds is 3. The average Bonchev–Trinajstić information content (AvgIpc) is 2.39. The highest BCUT2D eigenvalue weighted by molar-refractivity contribution is 5.94. The maximum Gasteiger partial charge on any atom is 0.103 e. The Morgan fingerprint density at radius 3 is 2.72 bits per heavy atom. The molecule has 0 unspecified atom stereocenters. The number of fused-ring (bicyclic) bond motifs is 1. The van der Waals surface area contributed by atoms with Crippen LogP contribution < -0.4 is 5.32 Å². The van der Waals surface area contributed by atoms with Crippen molar-refractivity contribution in [1.29, 1.82) is 5.26 Å². The zero-order valence-corrected chi connectivity index (χ0v) is 11.0. The molecule has 1 aromatic heterocycles. The van der Waals surface area contributed by atoms with Gasteiger partial charge in [-0.2, -0.15) is 5.26 Å². The van der Waals surface area contributed by atoms with Crippen molar-refractivity contribution in [2.75, 3.05) is 5.32 Å². The zero-order valence-electron chi connectivity index (χ0n) is 11.0. The van der Waals surface area contributed by atoms with Crippen molar-refractivity contribution < 1.29 is 0 Å². The van der Waals surface area contributed by atoms with Gasteiger partial charge < -0.3 is 5.32 Å². The number of benzene rings is 1. The van der Waals surface area contributed by atoms with Crippen LogP contribution in [0.2, 0.25) is 0 Å². The van der Waals surface area contributed by atoms with Gasteiger partial charge in [-0.3, -0.25) is 4.98 Å². The molecule has 0 amide bonds. The van der Waals surface area contributed by atoms with Gasteiger partial charge in [-0.15, -0.1) is 0 Å². The SMILES string of the molecule is CCC(C)(C)Nc1c(C#N)cnc2ccccc12. The molecular formula is C15H17N3. The molecule has 3 nitrogen and oxygen atoms in total. The van der Waals surface area contributed by atoms with Crippen molar-refractivity contribution in [1.82, 2.24) is 4.98 Å². The van der Waals surface area contributed by atoms with Crippen LogP contribution in [-0.4, -0.2) is 10.5 Å². The van der Waals surface area contributed by atoms with E-state index < -0.39 is 0 Å². The monoisotopic (exact) mass is 239 g/mol. The molecule has 0 aliphatic carbocycles. The molecule has 3 heteroatoms. The highest BCUT2D eigenvalue weighted by Crippen LogP contribution is 2.28. The molecule has 0 atom stereocenters. The molecule has 0 saturated heterocycles. The fourth-order valence-electron chi connectivity index (χ4n) is 1.79. The van der Waals surface area contributed by atoms with Crippen LogP contribution in [0.3, 0.4) is 0 Å². The molecule has 0 saturated carbocycles. The molecule has 1 N–H and O–H groups in total. The standard InChI is InChI=1S/C15H17N3/c1-4-15(2,3)18-14-11(9-16)10-17-13-8-6-5-7-12(13)14/h5-8,10H,4H2,1-3H3,(H,17,18). The summed E-state index contributed by atoms with van der Waals surface area (Å²) in [4.78, 5) is 4.31. The van der Waals surface area contributed by atoms with Crippen LogP contribution in [0.4, 0.5) is 5.69 Å². The second kappa shape index (κ2) is 4.66. The molecule has 0 bridgehead atoms. The predicted octanol–water partition coefficient (Wildman–Crippen LogP) is 3.71. The van der Waals surface area contributed by atoms with Gasteiger partial charge in [0.1, 0.15) is 6.07 Å². The van der Waals surface area contributed by atoms with E-state index in [1.165, 1.54) is 0 Å². The predicted molar refractivity (Wildman–Crippen MR) is 74.5 cm³/mol. The minimum atomic E-state index is -0.0459. The van der Waals surface area contributed by atoms with Crippen molar-refractivity contribution in [3.63, 3.8) is 0 Å². The van der Waals surface area contributed by atoms with Crippen LogP contribution in [0.15, 0.2) is 30.5 Å². The first-order valence-corrected chi connectivity index (χ1v) is 6.13. The summed E-state index contributed by atoms with van der Waals surface area (Å²) >= 11 is 0. The van der Waals surface area contributed by atoms with Gasteiger partial charge in [-0.1, -0.05) is 25.1 Å². The van der Waals surface area contributed by atoms with E-state index in [4.69, 9.17) is 0 Å². The molecule has 0 radical (unpaired) electrons. The molecule has 0 aliphatic heterocycles. The van der Waals surface area contributed by atoms with Crippen LogP contribution in [0.5, 0.6) is 0 Å².